The van der Waals surface area contributed by atoms with Crippen molar-refractivity contribution < 1.29 is 9.13 Å². The molecule has 2 unspecified atom stereocenters. The highest BCUT2D eigenvalue weighted by Gasteiger charge is 2.25. The maximum absolute atomic E-state index is 12.8. The van der Waals surface area contributed by atoms with Crippen molar-refractivity contribution in [1.82, 2.24) is 5.32 Å². The SMILES string of the molecule is CC1OCCC1N[C@@H](C)c1ccc(F)cc1. The number of benzene rings is 1. The summed E-state index contributed by atoms with van der Waals surface area (Å²) in [6, 6.07) is 7.29. The summed E-state index contributed by atoms with van der Waals surface area (Å²) in [7, 11) is 0. The minimum absolute atomic E-state index is 0.187. The fourth-order valence-electron chi connectivity index (χ4n) is 2.12. The van der Waals surface area contributed by atoms with E-state index in [1.807, 2.05) is 12.1 Å². The molecule has 1 aliphatic rings. The molecule has 2 rings (SSSR count). The molecule has 3 atom stereocenters. The van der Waals surface area contributed by atoms with Crippen molar-refractivity contribution in [1.29, 1.82) is 0 Å². The van der Waals surface area contributed by atoms with Crippen LogP contribution in [0.25, 0.3) is 0 Å². The second-order valence-corrected chi connectivity index (χ2v) is 4.41. The van der Waals surface area contributed by atoms with E-state index in [4.69, 9.17) is 4.74 Å². The Morgan fingerprint density at radius 2 is 2.06 bits per heavy atom. The highest BCUT2D eigenvalue weighted by atomic mass is 19.1. The van der Waals surface area contributed by atoms with E-state index >= 15 is 0 Å². The van der Waals surface area contributed by atoms with Crippen LogP contribution in [0.3, 0.4) is 0 Å². The number of hydrogen-bond donors (Lipinski definition) is 1. The van der Waals surface area contributed by atoms with E-state index in [-0.39, 0.29) is 18.0 Å². The first-order chi connectivity index (χ1) is 7.66. The molecule has 1 aromatic rings. The fraction of sp³-hybridized carbons (Fsp3) is 0.538. The maximum atomic E-state index is 12.8. The zero-order chi connectivity index (χ0) is 11.5. The molecular weight excluding hydrogens is 205 g/mol. The number of nitrogens with one attached hydrogen (secondary N) is 1. The smallest absolute Gasteiger partial charge is 0.123 e. The van der Waals surface area contributed by atoms with Crippen molar-refractivity contribution in [2.45, 2.75) is 38.5 Å². The highest BCUT2D eigenvalue weighted by Crippen LogP contribution is 2.19. The molecule has 1 saturated heterocycles. The van der Waals surface area contributed by atoms with Crippen molar-refractivity contribution in [2.24, 2.45) is 0 Å². The molecule has 1 heterocycles. The monoisotopic (exact) mass is 223 g/mol. The summed E-state index contributed by atoms with van der Waals surface area (Å²) in [5, 5.41) is 3.52. The fourth-order valence-corrected chi connectivity index (χ4v) is 2.12. The van der Waals surface area contributed by atoms with Crippen LogP contribution in [0.15, 0.2) is 24.3 Å². The van der Waals surface area contributed by atoms with Gasteiger partial charge in [0.25, 0.3) is 0 Å². The van der Waals surface area contributed by atoms with Crippen LogP contribution >= 0.6 is 0 Å². The summed E-state index contributed by atoms with van der Waals surface area (Å²) in [6.07, 6.45) is 1.31. The second kappa shape index (κ2) is 4.93. The highest BCUT2D eigenvalue weighted by molar-refractivity contribution is 5.19. The Bertz CT molecular complexity index is 338. The van der Waals surface area contributed by atoms with E-state index in [2.05, 4.69) is 19.2 Å². The second-order valence-electron chi connectivity index (χ2n) is 4.41. The Labute approximate surface area is 95.8 Å². The van der Waals surface area contributed by atoms with Crippen LogP contribution in [0.4, 0.5) is 4.39 Å². The van der Waals surface area contributed by atoms with Crippen molar-refractivity contribution in [3.05, 3.63) is 35.6 Å². The third-order valence-corrected chi connectivity index (χ3v) is 3.21. The van der Waals surface area contributed by atoms with E-state index in [0.29, 0.717) is 6.04 Å². The lowest BCUT2D eigenvalue weighted by Crippen LogP contribution is -2.36. The molecule has 0 saturated carbocycles. The summed E-state index contributed by atoms with van der Waals surface area (Å²) in [6.45, 7) is 5.01. The summed E-state index contributed by atoms with van der Waals surface area (Å²) in [4.78, 5) is 0. The van der Waals surface area contributed by atoms with Crippen molar-refractivity contribution in [3.8, 4) is 0 Å². The summed E-state index contributed by atoms with van der Waals surface area (Å²) >= 11 is 0. The standard InChI is InChI=1S/C13H18FNO/c1-9(11-3-5-12(14)6-4-11)15-13-7-8-16-10(13)2/h3-6,9-10,13,15H,7-8H2,1-2H3/t9-,10?,13?/m0/s1. The summed E-state index contributed by atoms with van der Waals surface area (Å²) < 4.78 is 18.3. The Kier molecular flexibility index (Phi) is 3.56. The molecule has 1 fully saturated rings. The van der Waals surface area contributed by atoms with E-state index < -0.39 is 0 Å². The maximum Gasteiger partial charge on any atom is 0.123 e. The number of ether oxygens (including phenoxy) is 1. The molecule has 16 heavy (non-hydrogen) atoms. The Morgan fingerprint density at radius 1 is 1.38 bits per heavy atom. The number of halogens is 1. The molecule has 0 spiro atoms. The predicted molar refractivity (Wildman–Crippen MR) is 61.8 cm³/mol. The minimum Gasteiger partial charge on any atom is -0.377 e. The average Bonchev–Trinajstić information content (AvgIpc) is 2.65. The molecule has 2 nitrogen and oxygen atoms in total. The van der Waals surface area contributed by atoms with Gasteiger partial charge in [-0.05, 0) is 38.0 Å². The average molecular weight is 223 g/mol. The molecule has 88 valence electrons. The molecule has 1 N–H and O–H groups in total. The van der Waals surface area contributed by atoms with Crippen LogP contribution in [0.5, 0.6) is 0 Å². The zero-order valence-electron chi connectivity index (χ0n) is 9.74. The van der Waals surface area contributed by atoms with Gasteiger partial charge in [0, 0.05) is 18.7 Å². The van der Waals surface area contributed by atoms with Crippen LogP contribution in [-0.2, 0) is 4.74 Å². The molecule has 1 aromatic carbocycles. The number of rotatable bonds is 3. The Morgan fingerprint density at radius 3 is 2.62 bits per heavy atom. The lowest BCUT2D eigenvalue weighted by molar-refractivity contribution is 0.111. The number of hydrogen-bond acceptors (Lipinski definition) is 2. The van der Waals surface area contributed by atoms with Gasteiger partial charge in [-0.15, -0.1) is 0 Å². The zero-order valence-corrected chi connectivity index (χ0v) is 9.74. The lowest BCUT2D eigenvalue weighted by Gasteiger charge is -2.22. The van der Waals surface area contributed by atoms with Gasteiger partial charge in [0.2, 0.25) is 0 Å². The Hall–Kier alpha value is -0.930. The summed E-state index contributed by atoms with van der Waals surface area (Å²) in [5.41, 5.74) is 1.11. The Balaban J connectivity index is 1.97. The van der Waals surface area contributed by atoms with Crippen LogP contribution in [0.1, 0.15) is 31.9 Å². The molecule has 3 heteroatoms. The van der Waals surface area contributed by atoms with Crippen molar-refractivity contribution in [3.63, 3.8) is 0 Å². The van der Waals surface area contributed by atoms with Gasteiger partial charge in [0.15, 0.2) is 0 Å². The van der Waals surface area contributed by atoms with Crippen LogP contribution in [0, 0.1) is 5.82 Å². The van der Waals surface area contributed by atoms with E-state index in [9.17, 15) is 4.39 Å². The first kappa shape index (κ1) is 11.6. The van der Waals surface area contributed by atoms with Crippen LogP contribution < -0.4 is 5.32 Å². The van der Waals surface area contributed by atoms with Gasteiger partial charge < -0.3 is 10.1 Å². The molecule has 1 aliphatic heterocycles. The largest absolute Gasteiger partial charge is 0.377 e. The van der Waals surface area contributed by atoms with Crippen molar-refractivity contribution in [2.75, 3.05) is 6.61 Å². The van der Waals surface area contributed by atoms with Gasteiger partial charge in [-0.25, -0.2) is 4.39 Å². The molecule has 0 aromatic heterocycles. The van der Waals surface area contributed by atoms with Gasteiger partial charge in [-0.3, -0.25) is 0 Å². The van der Waals surface area contributed by atoms with E-state index in [0.717, 1.165) is 18.6 Å². The third-order valence-electron chi connectivity index (χ3n) is 3.21. The van der Waals surface area contributed by atoms with E-state index in [1.165, 1.54) is 12.1 Å². The van der Waals surface area contributed by atoms with Crippen LogP contribution in [0.2, 0.25) is 0 Å². The first-order valence-electron chi connectivity index (χ1n) is 5.80. The van der Waals surface area contributed by atoms with Gasteiger partial charge >= 0.3 is 0 Å². The molecule has 0 aliphatic carbocycles. The van der Waals surface area contributed by atoms with Gasteiger partial charge in [0.05, 0.1) is 6.10 Å². The quantitative estimate of drug-likeness (QED) is 0.850. The summed E-state index contributed by atoms with van der Waals surface area (Å²) in [5.74, 6) is -0.187. The molecule has 0 amide bonds. The normalized spacial score (nSPS) is 26.9. The van der Waals surface area contributed by atoms with Gasteiger partial charge in [-0.1, -0.05) is 12.1 Å². The van der Waals surface area contributed by atoms with Crippen molar-refractivity contribution >= 4 is 0 Å². The third kappa shape index (κ3) is 2.60. The lowest BCUT2D eigenvalue weighted by atomic mass is 10.1. The first-order valence-corrected chi connectivity index (χ1v) is 5.80. The van der Waals surface area contributed by atoms with E-state index in [1.54, 1.807) is 0 Å². The predicted octanol–water partition coefficient (Wildman–Crippen LogP) is 2.65. The molecule has 0 radical (unpaired) electrons. The molecular formula is C13H18FNO. The molecule has 0 bridgehead atoms. The minimum atomic E-state index is -0.187. The van der Waals surface area contributed by atoms with Crippen LogP contribution in [-0.4, -0.2) is 18.8 Å². The topological polar surface area (TPSA) is 21.3 Å². The van der Waals surface area contributed by atoms with Gasteiger partial charge in [0.1, 0.15) is 5.82 Å². The van der Waals surface area contributed by atoms with Gasteiger partial charge in [-0.2, -0.15) is 0 Å².